The van der Waals surface area contributed by atoms with Crippen LogP contribution in [0.3, 0.4) is 0 Å². The van der Waals surface area contributed by atoms with Crippen molar-refractivity contribution in [2.24, 2.45) is 0 Å². The first-order chi connectivity index (χ1) is 11.4. The summed E-state index contributed by atoms with van der Waals surface area (Å²) < 4.78 is 43.8. The molecule has 0 saturated carbocycles. The maximum absolute atomic E-state index is 12.7. The van der Waals surface area contributed by atoms with Crippen molar-refractivity contribution in [1.82, 2.24) is 4.72 Å². The Balaban J connectivity index is 1.84. The van der Waals surface area contributed by atoms with E-state index in [2.05, 4.69) is 4.72 Å². The van der Waals surface area contributed by atoms with Crippen LogP contribution in [0.15, 0.2) is 35.2 Å². The van der Waals surface area contributed by atoms with Crippen molar-refractivity contribution >= 4 is 10.0 Å². The minimum absolute atomic E-state index is 0.148. The fourth-order valence-corrected chi connectivity index (χ4v) is 4.10. The fraction of sp³-hybridized carbons (Fsp3) is 0.294. The average Bonchev–Trinajstić information content (AvgIpc) is 2.99. The Morgan fingerprint density at radius 2 is 1.88 bits per heavy atom. The number of nitrogens with one attached hydrogen (secondary N) is 1. The van der Waals surface area contributed by atoms with Gasteiger partial charge in [0.1, 0.15) is 10.6 Å². The number of ether oxygens (including phenoxy) is 3. The number of fused-ring (bicyclic) bond motifs is 1. The predicted octanol–water partition coefficient (Wildman–Crippen LogP) is 2.52. The summed E-state index contributed by atoms with van der Waals surface area (Å²) in [5.41, 5.74) is 2.37. The Morgan fingerprint density at radius 3 is 2.62 bits per heavy atom. The summed E-state index contributed by atoms with van der Waals surface area (Å²) in [5, 5.41) is 0. The number of hydrogen-bond donors (Lipinski definition) is 1. The summed E-state index contributed by atoms with van der Waals surface area (Å²) in [7, 11) is -2.25. The Kier molecular flexibility index (Phi) is 4.38. The molecule has 128 valence electrons. The molecule has 0 aliphatic carbocycles. The molecular formula is C17H19NO5S. The van der Waals surface area contributed by atoms with E-state index in [0.29, 0.717) is 22.8 Å². The van der Waals surface area contributed by atoms with Crippen LogP contribution in [0.4, 0.5) is 0 Å². The van der Waals surface area contributed by atoms with Gasteiger partial charge in [0.15, 0.2) is 11.5 Å². The predicted molar refractivity (Wildman–Crippen MR) is 89.1 cm³/mol. The average molecular weight is 349 g/mol. The van der Waals surface area contributed by atoms with Crippen molar-refractivity contribution < 1.29 is 22.6 Å². The summed E-state index contributed by atoms with van der Waals surface area (Å²) in [6, 6.07) is 8.86. The molecule has 0 amide bonds. The molecule has 1 aliphatic heterocycles. The lowest BCUT2D eigenvalue weighted by molar-refractivity contribution is 0.174. The van der Waals surface area contributed by atoms with Crippen molar-refractivity contribution in [3.05, 3.63) is 47.0 Å². The Bertz CT molecular complexity index is 877. The number of hydrogen-bond acceptors (Lipinski definition) is 5. The molecule has 0 spiro atoms. The molecule has 2 aromatic carbocycles. The SMILES string of the molecule is COc1cc(C)cc(C)c1S(=O)(=O)NCc1ccc2c(c1)OCO2. The Labute approximate surface area is 141 Å². The van der Waals surface area contributed by atoms with Crippen molar-refractivity contribution in [1.29, 1.82) is 0 Å². The van der Waals surface area contributed by atoms with E-state index in [4.69, 9.17) is 14.2 Å². The monoisotopic (exact) mass is 349 g/mol. The van der Waals surface area contributed by atoms with E-state index in [9.17, 15) is 8.42 Å². The van der Waals surface area contributed by atoms with Crippen LogP contribution in [0.25, 0.3) is 0 Å². The van der Waals surface area contributed by atoms with Crippen LogP contribution >= 0.6 is 0 Å². The normalized spacial score (nSPS) is 13.1. The summed E-state index contributed by atoms with van der Waals surface area (Å²) in [6.07, 6.45) is 0. The topological polar surface area (TPSA) is 73.9 Å². The zero-order chi connectivity index (χ0) is 17.3. The van der Waals surface area contributed by atoms with E-state index in [1.807, 2.05) is 13.0 Å². The van der Waals surface area contributed by atoms with Crippen LogP contribution < -0.4 is 18.9 Å². The molecule has 2 aromatic rings. The second-order valence-electron chi connectivity index (χ2n) is 5.63. The molecule has 1 heterocycles. The number of rotatable bonds is 5. The van der Waals surface area contributed by atoms with Gasteiger partial charge in [-0.1, -0.05) is 12.1 Å². The standard InChI is InChI=1S/C17H19NO5S/c1-11-6-12(2)17(16(7-11)21-3)24(19,20)18-9-13-4-5-14-15(8-13)23-10-22-14/h4-8,18H,9-10H2,1-3H3. The van der Waals surface area contributed by atoms with Gasteiger partial charge in [0, 0.05) is 6.54 Å². The lowest BCUT2D eigenvalue weighted by Gasteiger charge is -2.14. The highest BCUT2D eigenvalue weighted by Crippen LogP contribution is 2.33. The van der Waals surface area contributed by atoms with Crippen molar-refractivity contribution in [2.75, 3.05) is 13.9 Å². The second-order valence-corrected chi connectivity index (χ2v) is 7.33. The van der Waals surface area contributed by atoms with Crippen LogP contribution in [0, 0.1) is 13.8 Å². The van der Waals surface area contributed by atoms with Gasteiger partial charge >= 0.3 is 0 Å². The van der Waals surface area contributed by atoms with Gasteiger partial charge in [-0.2, -0.15) is 0 Å². The third-order valence-electron chi connectivity index (χ3n) is 3.78. The van der Waals surface area contributed by atoms with E-state index in [0.717, 1.165) is 11.1 Å². The van der Waals surface area contributed by atoms with Crippen LogP contribution in [-0.4, -0.2) is 22.3 Å². The van der Waals surface area contributed by atoms with Gasteiger partial charge < -0.3 is 14.2 Å². The summed E-state index contributed by atoms with van der Waals surface area (Å²) in [6.45, 7) is 3.98. The number of methoxy groups -OCH3 is 1. The van der Waals surface area contributed by atoms with Crippen molar-refractivity contribution in [3.8, 4) is 17.2 Å². The van der Waals surface area contributed by atoms with Gasteiger partial charge in [-0.15, -0.1) is 0 Å². The second kappa shape index (κ2) is 6.33. The van der Waals surface area contributed by atoms with Crippen LogP contribution in [0.5, 0.6) is 17.2 Å². The molecule has 0 atom stereocenters. The molecule has 1 aliphatic rings. The highest BCUT2D eigenvalue weighted by Gasteiger charge is 2.23. The van der Waals surface area contributed by atoms with E-state index < -0.39 is 10.0 Å². The number of sulfonamides is 1. The minimum Gasteiger partial charge on any atom is -0.495 e. The molecule has 1 N–H and O–H groups in total. The van der Waals surface area contributed by atoms with Gasteiger partial charge in [0.2, 0.25) is 16.8 Å². The third kappa shape index (κ3) is 3.18. The van der Waals surface area contributed by atoms with E-state index >= 15 is 0 Å². The molecule has 0 fully saturated rings. The molecule has 0 saturated heterocycles. The molecule has 24 heavy (non-hydrogen) atoms. The number of benzene rings is 2. The Hall–Kier alpha value is -2.25. The van der Waals surface area contributed by atoms with Gasteiger partial charge in [-0.05, 0) is 48.7 Å². The first kappa shape index (κ1) is 16.6. The highest BCUT2D eigenvalue weighted by molar-refractivity contribution is 7.89. The summed E-state index contributed by atoms with van der Waals surface area (Å²) >= 11 is 0. The minimum atomic E-state index is -3.71. The van der Waals surface area contributed by atoms with Gasteiger partial charge in [0.05, 0.1) is 7.11 Å². The quantitative estimate of drug-likeness (QED) is 0.898. The van der Waals surface area contributed by atoms with E-state index in [1.54, 1.807) is 31.2 Å². The maximum Gasteiger partial charge on any atom is 0.244 e. The maximum atomic E-state index is 12.7. The molecule has 3 rings (SSSR count). The smallest absolute Gasteiger partial charge is 0.244 e. The largest absolute Gasteiger partial charge is 0.495 e. The molecule has 0 aromatic heterocycles. The first-order valence-corrected chi connectivity index (χ1v) is 8.92. The molecule has 0 unspecified atom stereocenters. The van der Waals surface area contributed by atoms with Gasteiger partial charge in [0.25, 0.3) is 0 Å². The van der Waals surface area contributed by atoms with Crippen molar-refractivity contribution in [2.45, 2.75) is 25.3 Å². The summed E-state index contributed by atoms with van der Waals surface area (Å²) in [5.74, 6) is 1.62. The van der Waals surface area contributed by atoms with Crippen LogP contribution in [0.2, 0.25) is 0 Å². The molecule has 7 heteroatoms. The van der Waals surface area contributed by atoms with Crippen LogP contribution in [-0.2, 0) is 16.6 Å². The third-order valence-corrected chi connectivity index (χ3v) is 5.36. The Morgan fingerprint density at radius 1 is 1.12 bits per heavy atom. The fourth-order valence-electron chi connectivity index (χ4n) is 2.71. The summed E-state index contributed by atoms with van der Waals surface area (Å²) in [4.78, 5) is 0.163. The lowest BCUT2D eigenvalue weighted by atomic mass is 10.1. The van der Waals surface area contributed by atoms with Crippen molar-refractivity contribution in [3.63, 3.8) is 0 Å². The molecular weight excluding hydrogens is 330 g/mol. The van der Waals surface area contributed by atoms with Gasteiger partial charge in [-0.3, -0.25) is 0 Å². The lowest BCUT2D eigenvalue weighted by Crippen LogP contribution is -2.24. The molecule has 0 bridgehead atoms. The zero-order valence-corrected chi connectivity index (χ0v) is 14.6. The zero-order valence-electron chi connectivity index (χ0n) is 13.8. The van der Waals surface area contributed by atoms with E-state index in [-0.39, 0.29) is 18.2 Å². The first-order valence-electron chi connectivity index (χ1n) is 7.44. The number of aryl methyl sites for hydroxylation is 2. The highest BCUT2D eigenvalue weighted by atomic mass is 32.2. The van der Waals surface area contributed by atoms with Gasteiger partial charge in [-0.25, -0.2) is 13.1 Å². The molecule has 6 nitrogen and oxygen atoms in total. The molecule has 0 radical (unpaired) electrons. The van der Waals surface area contributed by atoms with E-state index in [1.165, 1.54) is 7.11 Å². The van der Waals surface area contributed by atoms with Crippen LogP contribution in [0.1, 0.15) is 16.7 Å².